The number of carbonyl (C=O) groups is 3. The highest BCUT2D eigenvalue weighted by Crippen LogP contribution is 2.31. The van der Waals surface area contributed by atoms with E-state index >= 15 is 0 Å². The van der Waals surface area contributed by atoms with Crippen LogP contribution >= 0.6 is 0 Å². The fourth-order valence-electron chi connectivity index (χ4n) is 4.28. The number of aliphatic carboxylic acids is 2. The number of carboxylic acid groups (broad SMARTS) is 2. The number of amides is 1. The molecule has 1 fully saturated rings. The zero-order chi connectivity index (χ0) is 23.8. The van der Waals surface area contributed by atoms with Gasteiger partial charge in [-0.25, -0.2) is 14.4 Å². The summed E-state index contributed by atoms with van der Waals surface area (Å²) in [5.41, 5.74) is 2.40. The summed E-state index contributed by atoms with van der Waals surface area (Å²) < 4.78 is 11.2. The van der Waals surface area contributed by atoms with E-state index in [9.17, 15) is 14.4 Å². The Hall–Kier alpha value is -3.33. The maximum absolute atomic E-state index is 11.8. The largest absolute Gasteiger partial charge is 0.478 e. The quantitative estimate of drug-likeness (QED) is 0.655. The summed E-state index contributed by atoms with van der Waals surface area (Å²) >= 11 is 0. The molecule has 2 N–H and O–H groups in total. The molecule has 3 heterocycles. The van der Waals surface area contributed by atoms with Crippen LogP contribution in [0.5, 0.6) is 0 Å². The number of nitrogens with zero attached hydrogens (tertiary/aromatic N) is 2. The molecular formula is C24H30N2O7. The number of fused-ring (bicyclic) bond motifs is 3. The van der Waals surface area contributed by atoms with Gasteiger partial charge in [0, 0.05) is 49.3 Å². The molecule has 9 heteroatoms. The van der Waals surface area contributed by atoms with Crippen molar-refractivity contribution < 1.29 is 33.8 Å². The van der Waals surface area contributed by atoms with Gasteiger partial charge in [0.15, 0.2) is 0 Å². The Bertz CT molecular complexity index is 989. The number of benzene rings is 1. The fraction of sp³-hybridized carbons (Fsp3) is 0.458. The van der Waals surface area contributed by atoms with Gasteiger partial charge in [-0.15, -0.1) is 0 Å². The Balaban J connectivity index is 0.000000331. The molecule has 1 aromatic carbocycles. The first-order valence-corrected chi connectivity index (χ1v) is 11.1. The molecule has 0 unspecified atom stereocenters. The molecule has 2 aliphatic rings. The SMILES string of the molecule is CCOC(=O)N1CCC(CN2CCc3c(oc4ccccc34)C2)CC1.O=C(O)C=CC(=O)O. The first-order chi connectivity index (χ1) is 15.9. The van der Waals surface area contributed by atoms with Gasteiger partial charge in [0.1, 0.15) is 11.3 Å². The minimum absolute atomic E-state index is 0.161. The number of ether oxygens (including phenoxy) is 1. The van der Waals surface area contributed by atoms with E-state index in [1.54, 1.807) is 0 Å². The highest BCUT2D eigenvalue weighted by atomic mass is 16.6. The molecule has 0 spiro atoms. The van der Waals surface area contributed by atoms with Crippen LogP contribution in [0.4, 0.5) is 4.79 Å². The Morgan fingerprint density at radius 1 is 1.09 bits per heavy atom. The lowest BCUT2D eigenvalue weighted by molar-refractivity contribution is -0.134. The summed E-state index contributed by atoms with van der Waals surface area (Å²) in [7, 11) is 0. The Morgan fingerprint density at radius 3 is 2.39 bits per heavy atom. The number of hydrogen-bond donors (Lipinski definition) is 2. The molecule has 33 heavy (non-hydrogen) atoms. The normalized spacial score (nSPS) is 16.8. The van der Waals surface area contributed by atoms with Crippen LogP contribution in [0.2, 0.25) is 0 Å². The molecule has 1 saturated heterocycles. The maximum atomic E-state index is 11.8. The van der Waals surface area contributed by atoms with Crippen molar-refractivity contribution >= 4 is 29.0 Å². The number of hydrogen-bond acceptors (Lipinski definition) is 6. The van der Waals surface area contributed by atoms with Gasteiger partial charge in [-0.05, 0) is 38.2 Å². The van der Waals surface area contributed by atoms with E-state index < -0.39 is 11.9 Å². The van der Waals surface area contributed by atoms with Gasteiger partial charge in [-0.2, -0.15) is 0 Å². The third-order valence-corrected chi connectivity index (χ3v) is 5.85. The average molecular weight is 459 g/mol. The van der Waals surface area contributed by atoms with E-state index in [0.29, 0.717) is 24.7 Å². The summed E-state index contributed by atoms with van der Waals surface area (Å²) in [5, 5.41) is 16.9. The van der Waals surface area contributed by atoms with E-state index in [0.717, 1.165) is 63.3 Å². The van der Waals surface area contributed by atoms with Gasteiger partial charge >= 0.3 is 18.0 Å². The van der Waals surface area contributed by atoms with Crippen LogP contribution in [0.15, 0.2) is 40.8 Å². The molecule has 1 amide bonds. The predicted molar refractivity (Wildman–Crippen MR) is 121 cm³/mol. The zero-order valence-corrected chi connectivity index (χ0v) is 18.7. The standard InChI is InChI=1S/C20H26N2O3.C4H4O4/c1-2-24-20(23)22-11-7-15(8-12-22)13-21-10-9-17-16-5-3-4-6-18(16)25-19(17)14-21;5-3(6)1-2-4(7)8/h3-6,15H,2,7-14H2,1H3;1-2H,(H,5,6)(H,7,8). The summed E-state index contributed by atoms with van der Waals surface area (Å²) in [6, 6.07) is 8.34. The summed E-state index contributed by atoms with van der Waals surface area (Å²) in [6.45, 7) is 7.02. The number of carboxylic acids is 2. The molecule has 0 bridgehead atoms. The molecule has 2 aromatic rings. The second-order valence-electron chi connectivity index (χ2n) is 8.12. The second kappa shape index (κ2) is 11.5. The highest BCUT2D eigenvalue weighted by Gasteiger charge is 2.28. The van der Waals surface area contributed by atoms with E-state index in [2.05, 4.69) is 23.1 Å². The summed E-state index contributed by atoms with van der Waals surface area (Å²) in [4.78, 5) is 35.3. The molecule has 0 saturated carbocycles. The fourth-order valence-corrected chi connectivity index (χ4v) is 4.28. The smallest absolute Gasteiger partial charge is 0.409 e. The lowest BCUT2D eigenvalue weighted by Crippen LogP contribution is -2.42. The van der Waals surface area contributed by atoms with Gasteiger partial charge in [-0.1, -0.05) is 18.2 Å². The molecule has 0 radical (unpaired) electrons. The van der Waals surface area contributed by atoms with Gasteiger partial charge in [0.2, 0.25) is 0 Å². The number of carbonyl (C=O) groups excluding carboxylic acids is 1. The van der Waals surface area contributed by atoms with Crippen molar-refractivity contribution in [1.29, 1.82) is 0 Å². The minimum Gasteiger partial charge on any atom is -0.478 e. The number of piperidine rings is 1. The van der Waals surface area contributed by atoms with Crippen molar-refractivity contribution in [2.75, 3.05) is 32.8 Å². The van der Waals surface area contributed by atoms with E-state index in [1.807, 2.05) is 17.9 Å². The molecule has 2 aliphatic heterocycles. The number of likely N-dealkylation sites (tertiary alicyclic amines) is 1. The molecule has 4 rings (SSSR count). The van der Waals surface area contributed by atoms with Crippen LogP contribution in [0.25, 0.3) is 11.0 Å². The Labute approximate surface area is 192 Å². The first kappa shape index (κ1) is 24.3. The highest BCUT2D eigenvalue weighted by molar-refractivity contribution is 5.89. The van der Waals surface area contributed by atoms with Crippen LogP contribution in [0.3, 0.4) is 0 Å². The maximum Gasteiger partial charge on any atom is 0.409 e. The lowest BCUT2D eigenvalue weighted by Gasteiger charge is -2.35. The van der Waals surface area contributed by atoms with Gasteiger partial charge in [-0.3, -0.25) is 4.90 Å². The number of para-hydroxylation sites is 1. The molecule has 1 aromatic heterocycles. The van der Waals surface area contributed by atoms with Gasteiger partial charge in [0.25, 0.3) is 0 Å². The zero-order valence-electron chi connectivity index (χ0n) is 18.7. The third kappa shape index (κ3) is 6.82. The monoisotopic (exact) mass is 458 g/mol. The van der Waals surface area contributed by atoms with Gasteiger partial charge < -0.3 is 24.3 Å². The minimum atomic E-state index is -1.26. The van der Waals surface area contributed by atoms with Crippen LogP contribution in [0.1, 0.15) is 31.1 Å². The Kier molecular flexibility index (Phi) is 8.48. The summed E-state index contributed by atoms with van der Waals surface area (Å²) in [5.74, 6) is -0.729. The molecule has 0 atom stereocenters. The van der Waals surface area contributed by atoms with Crippen molar-refractivity contribution in [2.24, 2.45) is 5.92 Å². The molecular weight excluding hydrogens is 428 g/mol. The second-order valence-corrected chi connectivity index (χ2v) is 8.12. The predicted octanol–water partition coefficient (Wildman–Crippen LogP) is 3.37. The van der Waals surface area contributed by atoms with Crippen molar-refractivity contribution in [3.05, 3.63) is 47.7 Å². The molecule has 0 aliphatic carbocycles. The van der Waals surface area contributed by atoms with Crippen LogP contribution in [0, 0.1) is 5.92 Å². The topological polar surface area (TPSA) is 121 Å². The lowest BCUT2D eigenvalue weighted by atomic mass is 9.95. The van der Waals surface area contributed by atoms with Gasteiger partial charge in [0.05, 0.1) is 13.2 Å². The van der Waals surface area contributed by atoms with Crippen LogP contribution in [-0.2, 0) is 27.3 Å². The van der Waals surface area contributed by atoms with Crippen molar-refractivity contribution in [3.8, 4) is 0 Å². The van der Waals surface area contributed by atoms with Crippen molar-refractivity contribution in [2.45, 2.75) is 32.7 Å². The van der Waals surface area contributed by atoms with Crippen LogP contribution in [-0.4, -0.2) is 70.8 Å². The van der Waals surface area contributed by atoms with Crippen molar-refractivity contribution in [3.63, 3.8) is 0 Å². The average Bonchev–Trinajstić information content (AvgIpc) is 3.16. The van der Waals surface area contributed by atoms with E-state index in [4.69, 9.17) is 19.4 Å². The Morgan fingerprint density at radius 2 is 1.76 bits per heavy atom. The van der Waals surface area contributed by atoms with E-state index in [-0.39, 0.29) is 6.09 Å². The van der Waals surface area contributed by atoms with Crippen molar-refractivity contribution in [1.82, 2.24) is 9.80 Å². The van der Waals surface area contributed by atoms with Crippen LogP contribution < -0.4 is 0 Å². The molecule has 9 nitrogen and oxygen atoms in total. The number of furan rings is 1. The summed E-state index contributed by atoms with van der Waals surface area (Å²) in [6.07, 6.45) is 4.13. The number of rotatable bonds is 5. The molecule has 178 valence electrons. The first-order valence-electron chi connectivity index (χ1n) is 11.1. The third-order valence-electron chi connectivity index (χ3n) is 5.85. The van der Waals surface area contributed by atoms with E-state index in [1.165, 1.54) is 10.9 Å².